The molecule has 0 amide bonds. The van der Waals surface area contributed by atoms with E-state index in [1.807, 2.05) is 30.3 Å². The van der Waals surface area contributed by atoms with Crippen LogP contribution in [-0.4, -0.2) is 26.2 Å². The van der Waals surface area contributed by atoms with Crippen molar-refractivity contribution < 1.29 is 14.2 Å². The quantitative estimate of drug-likeness (QED) is 0.746. The van der Waals surface area contributed by atoms with Crippen molar-refractivity contribution in [2.45, 2.75) is 4.83 Å². The van der Waals surface area contributed by atoms with Gasteiger partial charge in [0, 0.05) is 12.0 Å². The Kier molecular flexibility index (Phi) is 5.51. The largest absolute Gasteiger partial charge is 0.500 e. The molecule has 1 aromatic carbocycles. The zero-order valence-corrected chi connectivity index (χ0v) is 14.0. The van der Waals surface area contributed by atoms with Crippen LogP contribution in [0.1, 0.15) is 5.56 Å². The van der Waals surface area contributed by atoms with Crippen LogP contribution in [0.15, 0.2) is 54.0 Å². The van der Waals surface area contributed by atoms with E-state index in [1.165, 1.54) is 0 Å². The highest BCUT2D eigenvalue weighted by atomic mass is 79.9. The maximum absolute atomic E-state index is 5.39. The summed E-state index contributed by atoms with van der Waals surface area (Å²) in [6.07, 6.45) is 8.19. The third kappa shape index (κ3) is 3.91. The number of alkyl halides is 1. The summed E-state index contributed by atoms with van der Waals surface area (Å²) in [6, 6.07) is 7.94. The molecular weight excluding hydrogens is 332 g/mol. The first-order valence-electron chi connectivity index (χ1n) is 6.65. The number of allylic oxidation sites excluding steroid dienone is 4. The summed E-state index contributed by atoms with van der Waals surface area (Å²) >= 11 is 3.67. The molecule has 4 heteroatoms. The summed E-state index contributed by atoms with van der Waals surface area (Å²) in [6.45, 7) is 0. The van der Waals surface area contributed by atoms with Crippen LogP contribution in [0.5, 0.6) is 5.75 Å². The van der Waals surface area contributed by atoms with Gasteiger partial charge in [0.1, 0.15) is 17.3 Å². The van der Waals surface area contributed by atoms with Gasteiger partial charge in [-0.1, -0.05) is 40.2 Å². The molecule has 0 fully saturated rings. The van der Waals surface area contributed by atoms with Crippen LogP contribution in [-0.2, 0) is 9.47 Å². The monoisotopic (exact) mass is 350 g/mol. The molecule has 0 aromatic heterocycles. The Hall–Kier alpha value is -1.68. The highest BCUT2D eigenvalue weighted by Gasteiger charge is 2.24. The van der Waals surface area contributed by atoms with Gasteiger partial charge in [-0.15, -0.1) is 0 Å². The second-order valence-corrected chi connectivity index (χ2v) is 5.62. The number of hydrogen-bond acceptors (Lipinski definition) is 3. The summed E-state index contributed by atoms with van der Waals surface area (Å²) in [5, 5.41) is 0. The van der Waals surface area contributed by atoms with Crippen molar-refractivity contribution in [2.24, 2.45) is 5.92 Å². The summed E-state index contributed by atoms with van der Waals surface area (Å²) in [5.74, 6) is 2.70. The van der Waals surface area contributed by atoms with Crippen molar-refractivity contribution in [3.05, 3.63) is 59.6 Å². The summed E-state index contributed by atoms with van der Waals surface area (Å²) in [7, 11) is 5.00. The third-order valence-corrected chi connectivity index (χ3v) is 4.41. The lowest BCUT2D eigenvalue weighted by Gasteiger charge is -2.23. The Morgan fingerprint density at radius 2 is 1.71 bits per heavy atom. The minimum absolute atomic E-state index is 0.107. The summed E-state index contributed by atoms with van der Waals surface area (Å²) in [5.41, 5.74) is 1.12. The van der Waals surface area contributed by atoms with Crippen LogP contribution in [0.3, 0.4) is 0 Å². The average molecular weight is 351 g/mol. The molecule has 0 saturated carbocycles. The van der Waals surface area contributed by atoms with Crippen LogP contribution in [0.2, 0.25) is 0 Å². The van der Waals surface area contributed by atoms with Crippen molar-refractivity contribution in [2.75, 3.05) is 21.3 Å². The van der Waals surface area contributed by atoms with Crippen LogP contribution in [0.25, 0.3) is 6.08 Å². The third-order valence-electron chi connectivity index (χ3n) is 3.35. The highest BCUT2D eigenvalue weighted by Crippen LogP contribution is 2.31. The van der Waals surface area contributed by atoms with Gasteiger partial charge in [0.25, 0.3) is 0 Å². The molecule has 0 radical (unpaired) electrons. The van der Waals surface area contributed by atoms with Gasteiger partial charge in [0.2, 0.25) is 0 Å². The van der Waals surface area contributed by atoms with Gasteiger partial charge in [-0.2, -0.15) is 0 Å². The first-order valence-corrected chi connectivity index (χ1v) is 7.57. The fourth-order valence-corrected chi connectivity index (χ4v) is 2.77. The molecule has 0 bridgehead atoms. The number of ether oxygens (including phenoxy) is 3. The van der Waals surface area contributed by atoms with Crippen molar-refractivity contribution in [1.29, 1.82) is 0 Å². The molecule has 1 aliphatic rings. The van der Waals surface area contributed by atoms with E-state index in [9.17, 15) is 0 Å². The topological polar surface area (TPSA) is 27.7 Å². The van der Waals surface area contributed by atoms with Gasteiger partial charge in [0.05, 0.1) is 26.2 Å². The van der Waals surface area contributed by atoms with Crippen LogP contribution in [0, 0.1) is 5.92 Å². The first kappa shape index (κ1) is 15.7. The van der Waals surface area contributed by atoms with E-state index < -0.39 is 0 Å². The molecule has 112 valence electrons. The van der Waals surface area contributed by atoms with E-state index in [2.05, 4.69) is 34.2 Å². The predicted octanol–water partition coefficient (Wildman–Crippen LogP) is 4.16. The van der Waals surface area contributed by atoms with Crippen molar-refractivity contribution in [1.82, 2.24) is 0 Å². The molecule has 0 N–H and O–H groups in total. The number of methoxy groups -OCH3 is 3. The van der Waals surface area contributed by atoms with E-state index in [4.69, 9.17) is 14.2 Å². The van der Waals surface area contributed by atoms with Crippen molar-refractivity contribution >= 4 is 22.0 Å². The lowest BCUT2D eigenvalue weighted by Crippen LogP contribution is -2.18. The minimum atomic E-state index is 0.107. The van der Waals surface area contributed by atoms with Gasteiger partial charge in [-0.05, 0) is 23.8 Å². The average Bonchev–Trinajstić information content (AvgIpc) is 2.54. The molecule has 0 aliphatic heterocycles. The SMILES string of the molecule is COC1=CC(C=Cc2ccc(OC)cc2)C(Br)C(OC)=C1. The molecule has 2 unspecified atom stereocenters. The summed E-state index contributed by atoms with van der Waals surface area (Å²) < 4.78 is 15.9. The maximum Gasteiger partial charge on any atom is 0.118 e. The van der Waals surface area contributed by atoms with E-state index in [-0.39, 0.29) is 10.7 Å². The molecule has 2 atom stereocenters. The van der Waals surface area contributed by atoms with Gasteiger partial charge >= 0.3 is 0 Å². The molecule has 0 heterocycles. The predicted molar refractivity (Wildman–Crippen MR) is 88.4 cm³/mol. The first-order chi connectivity index (χ1) is 10.2. The smallest absolute Gasteiger partial charge is 0.118 e. The van der Waals surface area contributed by atoms with Crippen molar-refractivity contribution in [3.8, 4) is 5.75 Å². The van der Waals surface area contributed by atoms with Gasteiger partial charge in [-0.25, -0.2) is 0 Å². The molecular formula is C17H19BrO3. The zero-order valence-electron chi connectivity index (χ0n) is 12.4. The van der Waals surface area contributed by atoms with E-state index in [1.54, 1.807) is 21.3 Å². The maximum atomic E-state index is 5.39. The molecule has 3 nitrogen and oxygen atoms in total. The Morgan fingerprint density at radius 3 is 2.29 bits per heavy atom. The Bertz CT molecular complexity index is 558. The minimum Gasteiger partial charge on any atom is -0.500 e. The molecule has 1 aromatic rings. The Balaban J connectivity index is 2.15. The van der Waals surface area contributed by atoms with E-state index in [0.29, 0.717) is 0 Å². The Morgan fingerprint density at radius 1 is 1.00 bits per heavy atom. The van der Waals surface area contributed by atoms with E-state index >= 15 is 0 Å². The molecule has 21 heavy (non-hydrogen) atoms. The normalized spacial score (nSPS) is 21.7. The summed E-state index contributed by atoms with van der Waals surface area (Å²) in [4.78, 5) is 0.107. The number of benzene rings is 1. The van der Waals surface area contributed by atoms with Crippen LogP contribution < -0.4 is 4.74 Å². The number of rotatable bonds is 5. The zero-order chi connectivity index (χ0) is 15.2. The van der Waals surface area contributed by atoms with E-state index in [0.717, 1.165) is 22.8 Å². The number of hydrogen-bond donors (Lipinski definition) is 0. The number of halogens is 1. The van der Waals surface area contributed by atoms with Crippen LogP contribution in [0.4, 0.5) is 0 Å². The van der Waals surface area contributed by atoms with Gasteiger partial charge < -0.3 is 14.2 Å². The Labute approximate surface area is 134 Å². The standard InChI is InChI=1S/C17H19BrO3/c1-19-14-8-5-12(6-9-14)4-7-13-10-15(20-2)11-16(21-3)17(13)18/h4-11,13,17H,1-3H3. The van der Waals surface area contributed by atoms with Crippen LogP contribution >= 0.6 is 15.9 Å². The molecule has 1 aliphatic carbocycles. The second-order valence-electron chi connectivity index (χ2n) is 4.64. The second kappa shape index (κ2) is 7.36. The fourth-order valence-electron chi connectivity index (χ4n) is 2.12. The molecule has 0 spiro atoms. The lowest BCUT2D eigenvalue weighted by molar-refractivity contribution is 0.255. The van der Waals surface area contributed by atoms with Crippen molar-refractivity contribution in [3.63, 3.8) is 0 Å². The van der Waals surface area contributed by atoms with Gasteiger partial charge in [-0.3, -0.25) is 0 Å². The molecule has 2 rings (SSSR count). The molecule has 0 saturated heterocycles. The lowest BCUT2D eigenvalue weighted by atomic mass is 9.97. The fraction of sp³-hybridized carbons (Fsp3) is 0.294. The highest BCUT2D eigenvalue weighted by molar-refractivity contribution is 9.09. The van der Waals surface area contributed by atoms with Gasteiger partial charge in [0.15, 0.2) is 0 Å².